The molecule has 4 N–H and O–H groups in total. The number of aldehydes is 1. The van der Waals surface area contributed by atoms with Crippen molar-refractivity contribution >= 4 is 17.9 Å². The maximum absolute atomic E-state index is 9.85. The molecule has 0 aliphatic heterocycles. The van der Waals surface area contributed by atoms with Crippen LogP contribution in [0.4, 0.5) is 11.6 Å². The molecular weight excluding hydrogens is 156 g/mol. The van der Waals surface area contributed by atoms with E-state index in [1.54, 1.807) is 0 Å². The Bertz CT molecular complexity index is 363. The second-order valence-corrected chi connectivity index (χ2v) is 1.91. The molecule has 0 spiro atoms. The standard InChI is InChI=1S/C7H6N4O/c8-6-7(9)11-5(4-10-6)2-1-3-12/h3-4H,(H2,8,10)(H2,9,11). The fourth-order valence-electron chi connectivity index (χ4n) is 0.576. The van der Waals surface area contributed by atoms with Gasteiger partial charge in [-0.25, -0.2) is 9.97 Å². The van der Waals surface area contributed by atoms with Crippen LogP contribution in [0.3, 0.4) is 0 Å². The normalized spacial score (nSPS) is 8.33. The molecule has 0 aliphatic carbocycles. The predicted octanol–water partition coefficient (Wildman–Crippen LogP) is -0.809. The van der Waals surface area contributed by atoms with Crippen LogP contribution in [0, 0.1) is 11.8 Å². The number of nitrogens with zero attached hydrogens (tertiary/aromatic N) is 2. The van der Waals surface area contributed by atoms with E-state index in [-0.39, 0.29) is 11.6 Å². The van der Waals surface area contributed by atoms with Crippen LogP contribution in [0.25, 0.3) is 0 Å². The smallest absolute Gasteiger partial charge is 0.193 e. The first-order chi connectivity index (χ1) is 5.74. The van der Waals surface area contributed by atoms with Gasteiger partial charge in [-0.05, 0) is 11.8 Å². The first kappa shape index (κ1) is 8.01. The molecule has 0 radical (unpaired) electrons. The maximum Gasteiger partial charge on any atom is 0.193 e. The summed E-state index contributed by atoms with van der Waals surface area (Å²) in [7, 11) is 0. The van der Waals surface area contributed by atoms with Crippen molar-refractivity contribution in [3.05, 3.63) is 11.9 Å². The summed E-state index contributed by atoms with van der Waals surface area (Å²) >= 11 is 0. The van der Waals surface area contributed by atoms with Crippen molar-refractivity contribution in [2.24, 2.45) is 0 Å². The van der Waals surface area contributed by atoms with Crippen LogP contribution in [-0.2, 0) is 4.79 Å². The molecule has 0 bridgehead atoms. The second-order valence-electron chi connectivity index (χ2n) is 1.91. The minimum Gasteiger partial charge on any atom is -0.381 e. The van der Waals surface area contributed by atoms with Crippen molar-refractivity contribution in [3.8, 4) is 11.8 Å². The van der Waals surface area contributed by atoms with Gasteiger partial charge in [-0.2, -0.15) is 0 Å². The highest BCUT2D eigenvalue weighted by atomic mass is 16.1. The van der Waals surface area contributed by atoms with E-state index in [4.69, 9.17) is 11.5 Å². The van der Waals surface area contributed by atoms with Crippen molar-refractivity contribution < 1.29 is 4.79 Å². The Morgan fingerprint density at radius 2 is 2.17 bits per heavy atom. The van der Waals surface area contributed by atoms with Gasteiger partial charge in [0.15, 0.2) is 17.9 Å². The molecular formula is C7H6N4O. The molecule has 1 heterocycles. The maximum atomic E-state index is 9.85. The second kappa shape index (κ2) is 3.34. The lowest BCUT2D eigenvalue weighted by Gasteiger charge is -1.95. The van der Waals surface area contributed by atoms with Crippen molar-refractivity contribution in [2.75, 3.05) is 11.5 Å². The monoisotopic (exact) mass is 162 g/mol. The topological polar surface area (TPSA) is 94.9 Å². The van der Waals surface area contributed by atoms with Gasteiger partial charge in [-0.3, -0.25) is 4.79 Å². The van der Waals surface area contributed by atoms with Crippen LogP contribution in [0.15, 0.2) is 6.20 Å². The molecule has 5 nitrogen and oxygen atoms in total. The number of hydrogen-bond donors (Lipinski definition) is 2. The molecule has 60 valence electrons. The molecule has 12 heavy (non-hydrogen) atoms. The molecule has 0 saturated heterocycles. The van der Waals surface area contributed by atoms with E-state index in [9.17, 15) is 4.79 Å². The number of nitrogens with two attached hydrogens (primary N) is 2. The quantitative estimate of drug-likeness (QED) is 0.384. The van der Waals surface area contributed by atoms with Gasteiger partial charge in [0.25, 0.3) is 0 Å². The molecule has 0 aromatic carbocycles. The third kappa shape index (κ3) is 1.70. The molecule has 1 aromatic heterocycles. The highest BCUT2D eigenvalue weighted by Crippen LogP contribution is 2.05. The molecule has 1 aromatic rings. The van der Waals surface area contributed by atoms with Gasteiger partial charge in [-0.1, -0.05) is 0 Å². The third-order valence-electron chi connectivity index (χ3n) is 1.09. The average molecular weight is 162 g/mol. The number of hydrogen-bond acceptors (Lipinski definition) is 5. The number of aromatic nitrogens is 2. The van der Waals surface area contributed by atoms with Crippen LogP contribution in [0.1, 0.15) is 5.69 Å². The van der Waals surface area contributed by atoms with Crippen molar-refractivity contribution in [1.29, 1.82) is 0 Å². The summed E-state index contributed by atoms with van der Waals surface area (Å²) in [6.07, 6.45) is 1.82. The lowest BCUT2D eigenvalue weighted by Crippen LogP contribution is -2.01. The lowest BCUT2D eigenvalue weighted by molar-refractivity contribution is -0.103. The third-order valence-corrected chi connectivity index (χ3v) is 1.09. The number of anilines is 2. The highest BCUT2D eigenvalue weighted by molar-refractivity contribution is 5.73. The van der Waals surface area contributed by atoms with Gasteiger partial charge in [0.1, 0.15) is 5.69 Å². The fraction of sp³-hybridized carbons (Fsp3) is 0. The summed E-state index contributed by atoms with van der Waals surface area (Å²) < 4.78 is 0. The van der Waals surface area contributed by atoms with E-state index in [1.165, 1.54) is 6.20 Å². The van der Waals surface area contributed by atoms with Crippen LogP contribution in [-0.4, -0.2) is 16.3 Å². The minimum absolute atomic E-state index is 0.118. The first-order valence-corrected chi connectivity index (χ1v) is 3.07. The molecule has 0 aliphatic rings. The van der Waals surface area contributed by atoms with Crippen LogP contribution in [0.5, 0.6) is 0 Å². The molecule has 1 rings (SSSR count). The Labute approximate surface area is 68.8 Å². The summed E-state index contributed by atoms with van der Waals surface area (Å²) in [5, 5.41) is 0. The Morgan fingerprint density at radius 1 is 1.42 bits per heavy atom. The minimum atomic E-state index is 0.118. The summed E-state index contributed by atoms with van der Waals surface area (Å²) in [6, 6.07) is 0. The van der Waals surface area contributed by atoms with E-state index in [1.807, 2.05) is 0 Å². The molecule has 0 fully saturated rings. The zero-order valence-electron chi connectivity index (χ0n) is 6.11. The Kier molecular flexibility index (Phi) is 2.23. The largest absolute Gasteiger partial charge is 0.381 e. The van der Waals surface area contributed by atoms with E-state index in [0.717, 1.165) is 0 Å². The van der Waals surface area contributed by atoms with Gasteiger partial charge in [0, 0.05) is 0 Å². The van der Waals surface area contributed by atoms with Crippen LogP contribution >= 0.6 is 0 Å². The van der Waals surface area contributed by atoms with E-state index < -0.39 is 0 Å². The van der Waals surface area contributed by atoms with Crippen molar-refractivity contribution in [1.82, 2.24) is 9.97 Å². The van der Waals surface area contributed by atoms with Crippen molar-refractivity contribution in [2.45, 2.75) is 0 Å². The van der Waals surface area contributed by atoms with Crippen LogP contribution < -0.4 is 11.5 Å². The Balaban J connectivity index is 3.04. The Hall–Kier alpha value is -2.09. The van der Waals surface area contributed by atoms with E-state index in [0.29, 0.717) is 12.0 Å². The van der Waals surface area contributed by atoms with Gasteiger partial charge < -0.3 is 11.5 Å². The molecule has 5 heteroatoms. The van der Waals surface area contributed by atoms with Gasteiger partial charge in [0.05, 0.1) is 6.20 Å². The number of rotatable bonds is 0. The zero-order valence-corrected chi connectivity index (χ0v) is 6.11. The van der Waals surface area contributed by atoms with E-state index in [2.05, 4.69) is 21.8 Å². The Morgan fingerprint density at radius 3 is 2.75 bits per heavy atom. The number of carbonyl (C=O) groups is 1. The van der Waals surface area contributed by atoms with Crippen molar-refractivity contribution in [3.63, 3.8) is 0 Å². The van der Waals surface area contributed by atoms with Gasteiger partial charge >= 0.3 is 0 Å². The summed E-state index contributed by atoms with van der Waals surface area (Å²) in [6.45, 7) is 0. The summed E-state index contributed by atoms with van der Waals surface area (Å²) in [5.41, 5.74) is 11.0. The average Bonchev–Trinajstić information content (AvgIpc) is 2.07. The molecule has 0 saturated carbocycles. The summed E-state index contributed by atoms with van der Waals surface area (Å²) in [4.78, 5) is 17.3. The van der Waals surface area contributed by atoms with Gasteiger partial charge in [-0.15, -0.1) is 0 Å². The molecule has 0 atom stereocenters. The molecule has 0 amide bonds. The molecule has 0 unspecified atom stereocenters. The van der Waals surface area contributed by atoms with Gasteiger partial charge in [0.2, 0.25) is 0 Å². The predicted molar refractivity (Wildman–Crippen MR) is 43.8 cm³/mol. The number of carbonyl (C=O) groups excluding carboxylic acids is 1. The summed E-state index contributed by atoms with van der Waals surface area (Å²) in [5.74, 6) is 4.89. The number of nitrogen functional groups attached to an aromatic ring is 2. The first-order valence-electron chi connectivity index (χ1n) is 3.07. The zero-order chi connectivity index (χ0) is 8.97. The lowest BCUT2D eigenvalue weighted by atomic mass is 10.4. The van der Waals surface area contributed by atoms with Crippen LogP contribution in [0.2, 0.25) is 0 Å². The van der Waals surface area contributed by atoms with E-state index >= 15 is 0 Å². The highest BCUT2D eigenvalue weighted by Gasteiger charge is 1.96. The SMILES string of the molecule is Nc1ncc(C#CC=O)nc1N. The fourth-order valence-corrected chi connectivity index (χ4v) is 0.576.